The fourth-order valence-corrected chi connectivity index (χ4v) is 5.84. The molecule has 1 amide bonds. The first-order valence-electron chi connectivity index (χ1n) is 11.9. The second-order valence-electron chi connectivity index (χ2n) is 9.69. The molecule has 1 aliphatic heterocycles. The van der Waals surface area contributed by atoms with Gasteiger partial charge in [0.1, 0.15) is 28.1 Å². The lowest BCUT2D eigenvalue weighted by molar-refractivity contribution is 0.0981. The van der Waals surface area contributed by atoms with Crippen molar-refractivity contribution in [3.63, 3.8) is 0 Å². The predicted molar refractivity (Wildman–Crippen MR) is 139 cm³/mol. The van der Waals surface area contributed by atoms with Crippen molar-refractivity contribution in [2.45, 2.75) is 44.6 Å². The van der Waals surface area contributed by atoms with E-state index in [1.54, 1.807) is 6.07 Å². The molecule has 3 heterocycles. The summed E-state index contributed by atoms with van der Waals surface area (Å²) >= 11 is 0. The number of carbonyl (C=O) groups is 1. The van der Waals surface area contributed by atoms with Crippen LogP contribution in [0.3, 0.4) is 0 Å². The Bertz CT molecular complexity index is 1440. The van der Waals surface area contributed by atoms with Crippen LogP contribution in [0.1, 0.15) is 44.5 Å². The summed E-state index contributed by atoms with van der Waals surface area (Å²) in [4.78, 5) is 23.6. The van der Waals surface area contributed by atoms with Crippen LogP contribution in [0.15, 0.2) is 53.6 Å². The topological polar surface area (TPSA) is 128 Å². The average molecular weight is 528 g/mol. The molecule has 1 fully saturated rings. The van der Waals surface area contributed by atoms with E-state index in [9.17, 15) is 17.6 Å². The van der Waals surface area contributed by atoms with Gasteiger partial charge in [0.15, 0.2) is 0 Å². The molecular weight excluding hydrogens is 497 g/mol. The molecule has 1 aliphatic rings. The summed E-state index contributed by atoms with van der Waals surface area (Å²) in [5.41, 5.74) is 6.25. The van der Waals surface area contributed by atoms with E-state index in [1.807, 2.05) is 25.7 Å². The Morgan fingerprint density at radius 2 is 2.03 bits per heavy atom. The molecule has 0 aliphatic carbocycles. The molecule has 0 spiro atoms. The van der Waals surface area contributed by atoms with Gasteiger partial charge >= 0.3 is 0 Å². The molecule has 11 heteroatoms. The van der Waals surface area contributed by atoms with Gasteiger partial charge in [0.2, 0.25) is 0 Å². The zero-order valence-electron chi connectivity index (χ0n) is 21.2. The molecule has 2 aromatic heterocycles. The summed E-state index contributed by atoms with van der Waals surface area (Å²) < 4.78 is 47.9. The van der Waals surface area contributed by atoms with Gasteiger partial charge in [-0.05, 0) is 75.6 Å². The van der Waals surface area contributed by atoms with Gasteiger partial charge in [-0.15, -0.1) is 0 Å². The Balaban J connectivity index is 1.82. The second-order valence-corrected chi connectivity index (χ2v) is 11.3. The molecule has 1 atom stereocenters. The first-order valence-corrected chi connectivity index (χ1v) is 13.4. The molecule has 0 saturated carbocycles. The van der Waals surface area contributed by atoms with Gasteiger partial charge in [0.25, 0.3) is 15.9 Å². The monoisotopic (exact) mass is 527 g/mol. The van der Waals surface area contributed by atoms with Crippen LogP contribution in [0.2, 0.25) is 0 Å². The number of aromatic nitrogens is 2. The molecule has 0 unspecified atom stereocenters. The van der Waals surface area contributed by atoms with Gasteiger partial charge in [-0.2, -0.15) is 0 Å². The molecule has 37 heavy (non-hydrogen) atoms. The summed E-state index contributed by atoms with van der Waals surface area (Å²) in [5.74, 6) is -0.492. The van der Waals surface area contributed by atoms with Crippen molar-refractivity contribution in [3.8, 4) is 17.0 Å². The van der Waals surface area contributed by atoms with Crippen molar-refractivity contribution < 1.29 is 22.3 Å². The van der Waals surface area contributed by atoms with Crippen molar-refractivity contribution in [1.29, 1.82) is 0 Å². The van der Waals surface area contributed by atoms with E-state index in [0.717, 1.165) is 6.42 Å². The van der Waals surface area contributed by atoms with E-state index in [1.165, 1.54) is 42.6 Å². The Labute approximate surface area is 215 Å². The van der Waals surface area contributed by atoms with Crippen LogP contribution in [0.25, 0.3) is 11.3 Å². The SMILES string of the molecule is CCOc1ccc(F)cc1-c1ccc(C(=O)NS(=O)(=O)c2cccnc2N)c(N2C[C@@H](C)CC2(C)C)n1. The van der Waals surface area contributed by atoms with Crippen molar-refractivity contribution in [2.75, 3.05) is 23.8 Å². The maximum Gasteiger partial charge on any atom is 0.268 e. The van der Waals surface area contributed by atoms with Crippen LogP contribution in [0.5, 0.6) is 5.75 Å². The van der Waals surface area contributed by atoms with Crippen molar-refractivity contribution >= 4 is 27.6 Å². The third kappa shape index (κ3) is 5.36. The molecule has 9 nitrogen and oxygen atoms in total. The normalized spacial score (nSPS) is 17.0. The number of carbonyl (C=O) groups excluding carboxylic acids is 1. The molecular formula is C26H30FN5O4S. The van der Waals surface area contributed by atoms with Crippen molar-refractivity contribution in [2.24, 2.45) is 5.92 Å². The number of hydrogen-bond donors (Lipinski definition) is 2. The summed E-state index contributed by atoms with van der Waals surface area (Å²) in [6, 6.07) is 9.89. The molecule has 4 rings (SSSR count). The van der Waals surface area contributed by atoms with E-state index in [0.29, 0.717) is 41.9 Å². The third-order valence-electron chi connectivity index (χ3n) is 6.28. The van der Waals surface area contributed by atoms with Crippen LogP contribution in [0.4, 0.5) is 16.0 Å². The van der Waals surface area contributed by atoms with E-state index >= 15 is 0 Å². The van der Waals surface area contributed by atoms with Gasteiger partial charge in [0, 0.05) is 23.8 Å². The van der Waals surface area contributed by atoms with E-state index < -0.39 is 21.7 Å². The minimum Gasteiger partial charge on any atom is -0.493 e. The Kier molecular flexibility index (Phi) is 7.09. The Hall–Kier alpha value is -3.73. The number of hydrogen-bond acceptors (Lipinski definition) is 8. The van der Waals surface area contributed by atoms with Crippen LogP contribution >= 0.6 is 0 Å². The maximum absolute atomic E-state index is 14.2. The van der Waals surface area contributed by atoms with Crippen molar-refractivity contribution in [3.05, 3.63) is 60.0 Å². The number of nitrogen functional groups attached to an aromatic ring is 1. The highest BCUT2D eigenvalue weighted by atomic mass is 32.2. The zero-order chi connectivity index (χ0) is 27.0. The number of ether oxygens (including phenoxy) is 1. The zero-order valence-corrected chi connectivity index (χ0v) is 22.0. The standard InChI is InChI=1S/C26H30FN5O4S/c1-5-36-21-11-8-17(27)13-19(21)20-10-9-18(24(30-20)32-15-16(2)14-26(32,3)4)25(33)31-37(34,35)22-7-6-12-29-23(22)28/h6-13,16H,5,14-15H2,1-4H3,(H2,28,29)(H,31,33)/t16-/m0/s1. The number of nitrogens with two attached hydrogens (primary N) is 1. The third-order valence-corrected chi connectivity index (χ3v) is 7.66. The first-order chi connectivity index (χ1) is 17.4. The number of halogens is 1. The van der Waals surface area contributed by atoms with Gasteiger partial charge < -0.3 is 15.4 Å². The first kappa shape index (κ1) is 26.3. The predicted octanol–water partition coefficient (Wildman–Crippen LogP) is 4.01. The quantitative estimate of drug-likeness (QED) is 0.472. The molecule has 1 aromatic carbocycles. The van der Waals surface area contributed by atoms with Crippen LogP contribution in [-0.2, 0) is 10.0 Å². The summed E-state index contributed by atoms with van der Waals surface area (Å²) in [6.45, 7) is 8.97. The second kappa shape index (κ2) is 9.97. The van der Waals surface area contributed by atoms with Gasteiger partial charge in [0.05, 0.1) is 17.9 Å². The molecule has 3 aromatic rings. The van der Waals surface area contributed by atoms with Crippen molar-refractivity contribution in [1.82, 2.24) is 14.7 Å². The average Bonchev–Trinajstić information content (AvgIpc) is 3.11. The number of pyridine rings is 2. The Morgan fingerprint density at radius 1 is 1.27 bits per heavy atom. The number of nitrogens with zero attached hydrogens (tertiary/aromatic N) is 3. The lowest BCUT2D eigenvalue weighted by atomic mass is 9.97. The van der Waals surface area contributed by atoms with Gasteiger partial charge in [-0.1, -0.05) is 6.92 Å². The highest BCUT2D eigenvalue weighted by Gasteiger charge is 2.39. The number of sulfonamides is 1. The van der Waals surface area contributed by atoms with E-state index in [-0.39, 0.29) is 21.8 Å². The summed E-state index contributed by atoms with van der Waals surface area (Å²) in [6.07, 6.45) is 2.20. The van der Waals surface area contributed by atoms with Gasteiger partial charge in [-0.3, -0.25) is 4.79 Å². The molecule has 0 bridgehead atoms. The van der Waals surface area contributed by atoms with E-state index in [4.69, 9.17) is 15.5 Å². The van der Waals surface area contributed by atoms with Crippen LogP contribution in [0, 0.1) is 11.7 Å². The molecule has 196 valence electrons. The number of rotatable bonds is 7. The largest absolute Gasteiger partial charge is 0.493 e. The summed E-state index contributed by atoms with van der Waals surface area (Å²) in [7, 11) is -4.30. The maximum atomic E-state index is 14.2. The highest BCUT2D eigenvalue weighted by Crippen LogP contribution is 2.39. The minimum atomic E-state index is -4.30. The van der Waals surface area contributed by atoms with E-state index in [2.05, 4.69) is 16.6 Å². The van der Waals surface area contributed by atoms with Gasteiger partial charge in [-0.25, -0.2) is 27.5 Å². The Morgan fingerprint density at radius 3 is 2.68 bits per heavy atom. The minimum absolute atomic E-state index is 0.0614. The number of nitrogens with one attached hydrogen (secondary N) is 1. The van der Waals surface area contributed by atoms with Crippen LogP contribution in [-0.4, -0.2) is 43.0 Å². The lowest BCUT2D eigenvalue weighted by Gasteiger charge is -2.34. The van der Waals surface area contributed by atoms with Crippen LogP contribution < -0.4 is 20.1 Å². The summed E-state index contributed by atoms with van der Waals surface area (Å²) in [5, 5.41) is 0. The smallest absolute Gasteiger partial charge is 0.268 e. The lowest BCUT2D eigenvalue weighted by Crippen LogP contribution is -2.41. The molecule has 0 radical (unpaired) electrons. The fraction of sp³-hybridized carbons (Fsp3) is 0.346. The number of anilines is 2. The molecule has 3 N–H and O–H groups in total. The molecule has 1 saturated heterocycles. The highest BCUT2D eigenvalue weighted by molar-refractivity contribution is 7.90. The number of benzene rings is 1. The number of amides is 1. The fourth-order valence-electron chi connectivity index (χ4n) is 4.79.